The lowest BCUT2D eigenvalue weighted by Gasteiger charge is -2.07. The van der Waals surface area contributed by atoms with Crippen LogP contribution in [0.2, 0.25) is 5.02 Å². The predicted molar refractivity (Wildman–Crippen MR) is 100 cm³/mol. The number of thiophene rings is 1. The zero-order valence-corrected chi connectivity index (χ0v) is 15.4. The maximum absolute atomic E-state index is 13.6. The molecule has 4 aromatic heterocycles. The van der Waals surface area contributed by atoms with Gasteiger partial charge in [-0.05, 0) is 18.2 Å². The van der Waals surface area contributed by atoms with E-state index in [1.54, 1.807) is 12.1 Å². The quantitative estimate of drug-likeness (QED) is 0.502. The lowest BCUT2D eigenvalue weighted by Crippen LogP contribution is -2.16. The van der Waals surface area contributed by atoms with Crippen molar-refractivity contribution in [2.75, 3.05) is 5.32 Å². The fraction of sp³-hybridized carbons (Fsp3) is 0. The molecular formula is C18H9ClF2N4O2S. The number of pyridine rings is 2. The van der Waals surface area contributed by atoms with E-state index in [9.17, 15) is 13.6 Å². The Balaban J connectivity index is 1.56. The third-order valence-corrected chi connectivity index (χ3v) is 5.26. The SMILES string of the molecule is O=C(Nc1ccc(-c2sc(-c3ncco3)cc2Cl)cn1)c1c(F)cncc1F. The molecular weight excluding hydrogens is 410 g/mol. The molecule has 0 aliphatic rings. The summed E-state index contributed by atoms with van der Waals surface area (Å²) < 4.78 is 32.5. The number of nitrogens with one attached hydrogen (secondary N) is 1. The first-order valence-electron chi connectivity index (χ1n) is 7.79. The molecule has 0 fully saturated rings. The van der Waals surface area contributed by atoms with Crippen LogP contribution in [0.5, 0.6) is 0 Å². The highest BCUT2D eigenvalue weighted by atomic mass is 35.5. The largest absolute Gasteiger partial charge is 0.444 e. The third-order valence-electron chi connectivity index (χ3n) is 3.68. The maximum atomic E-state index is 13.6. The topological polar surface area (TPSA) is 80.9 Å². The summed E-state index contributed by atoms with van der Waals surface area (Å²) in [5.74, 6) is -2.49. The van der Waals surface area contributed by atoms with Crippen molar-refractivity contribution in [1.82, 2.24) is 15.0 Å². The van der Waals surface area contributed by atoms with E-state index in [0.717, 1.165) is 22.1 Å². The second kappa shape index (κ2) is 7.45. The van der Waals surface area contributed by atoms with Gasteiger partial charge < -0.3 is 9.73 Å². The van der Waals surface area contributed by atoms with Gasteiger partial charge >= 0.3 is 0 Å². The van der Waals surface area contributed by atoms with E-state index in [0.29, 0.717) is 16.5 Å². The van der Waals surface area contributed by atoms with Crippen molar-refractivity contribution in [3.05, 3.63) is 71.5 Å². The van der Waals surface area contributed by atoms with Gasteiger partial charge in [-0.1, -0.05) is 11.6 Å². The van der Waals surface area contributed by atoms with Crippen molar-refractivity contribution in [3.63, 3.8) is 0 Å². The second-order valence-electron chi connectivity index (χ2n) is 5.49. The number of amides is 1. The van der Waals surface area contributed by atoms with Gasteiger partial charge in [-0.3, -0.25) is 9.78 Å². The van der Waals surface area contributed by atoms with Gasteiger partial charge in [0.15, 0.2) is 11.6 Å². The molecule has 4 aromatic rings. The van der Waals surface area contributed by atoms with Gasteiger partial charge in [-0.2, -0.15) is 0 Å². The van der Waals surface area contributed by atoms with Gasteiger partial charge in [-0.15, -0.1) is 11.3 Å². The summed E-state index contributed by atoms with van der Waals surface area (Å²) in [6.45, 7) is 0. The number of hydrogen-bond donors (Lipinski definition) is 1. The van der Waals surface area contributed by atoms with Crippen LogP contribution >= 0.6 is 22.9 Å². The van der Waals surface area contributed by atoms with E-state index in [4.69, 9.17) is 16.0 Å². The molecule has 0 radical (unpaired) electrons. The molecule has 0 aliphatic carbocycles. The fourth-order valence-electron chi connectivity index (χ4n) is 2.43. The average Bonchev–Trinajstić information content (AvgIpc) is 3.32. The molecule has 0 spiro atoms. The predicted octanol–water partition coefficient (Wildman–Crippen LogP) is 5.04. The number of anilines is 1. The third kappa shape index (κ3) is 3.49. The van der Waals surface area contributed by atoms with Crippen LogP contribution in [-0.2, 0) is 0 Å². The van der Waals surface area contributed by atoms with E-state index in [1.807, 2.05) is 0 Å². The summed E-state index contributed by atoms with van der Waals surface area (Å²) in [7, 11) is 0. The number of hydrogen-bond acceptors (Lipinski definition) is 6. The Morgan fingerprint density at radius 2 is 1.93 bits per heavy atom. The van der Waals surface area contributed by atoms with Gasteiger partial charge in [0.05, 0.1) is 33.4 Å². The van der Waals surface area contributed by atoms with Crippen molar-refractivity contribution < 1.29 is 18.0 Å². The number of carbonyl (C=O) groups excluding carboxylic acids is 1. The zero-order valence-electron chi connectivity index (χ0n) is 13.8. The van der Waals surface area contributed by atoms with Crippen LogP contribution in [0.4, 0.5) is 14.6 Å². The van der Waals surface area contributed by atoms with Gasteiger partial charge in [-0.25, -0.2) is 18.7 Å². The molecule has 0 saturated carbocycles. The molecule has 0 atom stereocenters. The monoisotopic (exact) mass is 418 g/mol. The van der Waals surface area contributed by atoms with Crippen LogP contribution in [0.15, 0.2) is 53.7 Å². The first kappa shape index (κ1) is 18.2. The molecule has 0 unspecified atom stereocenters. The molecule has 4 heterocycles. The highest BCUT2D eigenvalue weighted by Gasteiger charge is 2.19. The minimum absolute atomic E-state index is 0.130. The fourth-order valence-corrected chi connectivity index (χ4v) is 3.80. The number of aromatic nitrogens is 3. The Kier molecular flexibility index (Phi) is 4.84. The van der Waals surface area contributed by atoms with Crippen LogP contribution in [-0.4, -0.2) is 20.9 Å². The molecule has 28 heavy (non-hydrogen) atoms. The number of oxazole rings is 1. The standard InChI is InChI=1S/C18H9ClF2N4O2S/c19-10-5-13(18-23-3-4-27-18)28-16(10)9-1-2-14(24-6-9)25-17(26)15-11(20)7-22-8-12(15)21/h1-8H,(H,24,25,26). The summed E-state index contributed by atoms with van der Waals surface area (Å²) in [5.41, 5.74) is -0.0233. The minimum atomic E-state index is -1.06. The van der Waals surface area contributed by atoms with E-state index in [1.165, 1.54) is 36.1 Å². The van der Waals surface area contributed by atoms with Crippen LogP contribution in [0.1, 0.15) is 10.4 Å². The highest BCUT2D eigenvalue weighted by molar-refractivity contribution is 7.19. The Morgan fingerprint density at radius 1 is 1.14 bits per heavy atom. The second-order valence-corrected chi connectivity index (χ2v) is 6.95. The smallest absolute Gasteiger partial charge is 0.262 e. The molecule has 0 saturated heterocycles. The average molecular weight is 419 g/mol. The maximum Gasteiger partial charge on any atom is 0.262 e. The van der Waals surface area contributed by atoms with E-state index in [-0.39, 0.29) is 5.82 Å². The van der Waals surface area contributed by atoms with Crippen molar-refractivity contribution in [2.45, 2.75) is 0 Å². The van der Waals surface area contributed by atoms with Crippen molar-refractivity contribution in [3.8, 4) is 21.2 Å². The Hall–Kier alpha value is -3.17. The molecule has 6 nitrogen and oxygen atoms in total. The number of nitrogens with zero attached hydrogens (tertiary/aromatic N) is 3. The normalized spacial score (nSPS) is 10.8. The number of halogens is 3. The molecule has 0 aromatic carbocycles. The molecule has 1 amide bonds. The summed E-state index contributed by atoms with van der Waals surface area (Å²) in [4.78, 5) is 25.1. The van der Waals surface area contributed by atoms with Crippen LogP contribution in [0.3, 0.4) is 0 Å². The van der Waals surface area contributed by atoms with Crippen molar-refractivity contribution >= 4 is 34.7 Å². The van der Waals surface area contributed by atoms with Crippen LogP contribution in [0, 0.1) is 11.6 Å². The molecule has 4 rings (SSSR count). The molecule has 0 aliphatic heterocycles. The molecule has 140 valence electrons. The Labute approximate surface area is 165 Å². The zero-order chi connectivity index (χ0) is 19.7. The Bertz CT molecular complexity index is 1130. The summed E-state index contributed by atoms with van der Waals surface area (Å²) in [6, 6.07) is 4.92. The highest BCUT2D eigenvalue weighted by Crippen LogP contribution is 2.40. The van der Waals surface area contributed by atoms with E-state index in [2.05, 4.69) is 20.3 Å². The number of carbonyl (C=O) groups is 1. The van der Waals surface area contributed by atoms with Gasteiger partial charge in [0.1, 0.15) is 17.6 Å². The van der Waals surface area contributed by atoms with Crippen LogP contribution in [0.25, 0.3) is 21.2 Å². The molecule has 1 N–H and O–H groups in total. The van der Waals surface area contributed by atoms with Crippen LogP contribution < -0.4 is 5.32 Å². The van der Waals surface area contributed by atoms with Crippen molar-refractivity contribution in [2.24, 2.45) is 0 Å². The lowest BCUT2D eigenvalue weighted by molar-refractivity contribution is 0.101. The van der Waals surface area contributed by atoms with Gasteiger partial charge in [0.2, 0.25) is 5.89 Å². The summed E-state index contributed by atoms with van der Waals surface area (Å²) >= 11 is 7.66. The van der Waals surface area contributed by atoms with Crippen molar-refractivity contribution in [1.29, 1.82) is 0 Å². The van der Waals surface area contributed by atoms with E-state index >= 15 is 0 Å². The van der Waals surface area contributed by atoms with Gasteiger partial charge in [0.25, 0.3) is 5.91 Å². The number of rotatable bonds is 4. The molecule has 10 heteroatoms. The first-order chi connectivity index (χ1) is 13.5. The lowest BCUT2D eigenvalue weighted by atomic mass is 10.2. The van der Waals surface area contributed by atoms with E-state index < -0.39 is 23.1 Å². The summed E-state index contributed by atoms with van der Waals surface area (Å²) in [5, 5.41) is 2.85. The molecule has 0 bridgehead atoms. The first-order valence-corrected chi connectivity index (χ1v) is 8.98. The summed E-state index contributed by atoms with van der Waals surface area (Å²) in [6.07, 6.45) is 6.02. The Morgan fingerprint density at radius 3 is 2.57 bits per heavy atom. The van der Waals surface area contributed by atoms with Gasteiger partial charge in [0, 0.05) is 11.8 Å². The minimum Gasteiger partial charge on any atom is -0.444 e.